The third kappa shape index (κ3) is 4.70. The van der Waals surface area contributed by atoms with Gasteiger partial charge in [-0.3, -0.25) is 0 Å². The first-order chi connectivity index (χ1) is 10.7. The van der Waals surface area contributed by atoms with E-state index in [-0.39, 0.29) is 18.2 Å². The Morgan fingerprint density at radius 3 is 2.70 bits per heavy atom. The van der Waals surface area contributed by atoms with Crippen LogP contribution in [0.25, 0.3) is 0 Å². The standard InChI is InChI=1S/C17H29N3O3/c1-11(15-12(2)19-23-13(15)3)18-14-8-7-9-20(10-14)16(21)22-17(4,5)6/h11,14,18H,7-10H2,1-6H3. The molecule has 0 saturated carbocycles. The lowest BCUT2D eigenvalue weighted by atomic mass is 10.0. The van der Waals surface area contributed by atoms with E-state index in [9.17, 15) is 4.79 Å². The minimum absolute atomic E-state index is 0.143. The van der Waals surface area contributed by atoms with Gasteiger partial charge >= 0.3 is 6.09 Å². The van der Waals surface area contributed by atoms with E-state index in [1.165, 1.54) is 0 Å². The average Bonchev–Trinajstić information content (AvgIpc) is 2.76. The minimum atomic E-state index is -0.457. The number of piperidine rings is 1. The molecule has 23 heavy (non-hydrogen) atoms. The molecule has 2 rings (SSSR count). The molecule has 0 aromatic carbocycles. The highest BCUT2D eigenvalue weighted by atomic mass is 16.6. The number of likely N-dealkylation sites (tertiary alicyclic amines) is 1. The molecule has 1 aliphatic heterocycles. The van der Waals surface area contributed by atoms with E-state index in [4.69, 9.17) is 9.26 Å². The van der Waals surface area contributed by atoms with Crippen LogP contribution >= 0.6 is 0 Å². The Kier molecular flexibility index (Phi) is 5.34. The van der Waals surface area contributed by atoms with E-state index in [0.717, 1.165) is 36.4 Å². The zero-order valence-corrected chi connectivity index (χ0v) is 15.1. The number of aryl methyl sites for hydroxylation is 2. The third-order valence-electron chi connectivity index (χ3n) is 4.08. The molecule has 1 aromatic heterocycles. The van der Waals surface area contributed by atoms with Crippen molar-refractivity contribution in [3.8, 4) is 0 Å². The van der Waals surface area contributed by atoms with Crippen LogP contribution in [0.2, 0.25) is 0 Å². The Morgan fingerprint density at radius 2 is 2.13 bits per heavy atom. The molecule has 0 aliphatic carbocycles. The maximum atomic E-state index is 12.2. The van der Waals surface area contributed by atoms with Crippen LogP contribution < -0.4 is 5.32 Å². The molecule has 1 fully saturated rings. The highest BCUT2D eigenvalue weighted by Crippen LogP contribution is 2.23. The van der Waals surface area contributed by atoms with Gasteiger partial charge in [-0.1, -0.05) is 5.16 Å². The average molecular weight is 323 g/mol. The first-order valence-electron chi connectivity index (χ1n) is 8.34. The monoisotopic (exact) mass is 323 g/mol. The van der Waals surface area contributed by atoms with Gasteiger partial charge in [0.05, 0.1) is 5.69 Å². The van der Waals surface area contributed by atoms with E-state index >= 15 is 0 Å². The second-order valence-electron chi connectivity index (χ2n) is 7.39. The summed E-state index contributed by atoms with van der Waals surface area (Å²) < 4.78 is 10.7. The van der Waals surface area contributed by atoms with Crippen molar-refractivity contribution in [3.05, 3.63) is 17.0 Å². The third-order valence-corrected chi connectivity index (χ3v) is 4.08. The summed E-state index contributed by atoms with van der Waals surface area (Å²) in [6, 6.07) is 0.393. The van der Waals surface area contributed by atoms with Crippen molar-refractivity contribution >= 4 is 6.09 Å². The topological polar surface area (TPSA) is 67.6 Å². The number of nitrogens with one attached hydrogen (secondary N) is 1. The lowest BCUT2D eigenvalue weighted by Gasteiger charge is -2.35. The van der Waals surface area contributed by atoms with Crippen molar-refractivity contribution in [2.45, 2.75) is 72.1 Å². The van der Waals surface area contributed by atoms with Crippen LogP contribution in [0.15, 0.2) is 4.52 Å². The molecule has 6 nitrogen and oxygen atoms in total. The van der Waals surface area contributed by atoms with Crippen LogP contribution in [-0.2, 0) is 4.74 Å². The lowest BCUT2D eigenvalue weighted by molar-refractivity contribution is 0.0183. The SMILES string of the molecule is Cc1noc(C)c1C(C)NC1CCCN(C(=O)OC(C)(C)C)C1. The second-order valence-corrected chi connectivity index (χ2v) is 7.39. The molecule has 1 aliphatic rings. The van der Waals surface area contributed by atoms with Gasteiger partial charge in [0, 0.05) is 30.7 Å². The number of hydrogen-bond donors (Lipinski definition) is 1. The zero-order valence-electron chi connectivity index (χ0n) is 15.1. The predicted octanol–water partition coefficient (Wildman–Crippen LogP) is 3.34. The second kappa shape index (κ2) is 6.91. The number of aromatic nitrogens is 1. The normalized spacial score (nSPS) is 20.4. The largest absolute Gasteiger partial charge is 0.444 e. The predicted molar refractivity (Wildman–Crippen MR) is 88.4 cm³/mol. The smallest absolute Gasteiger partial charge is 0.410 e. The molecular weight excluding hydrogens is 294 g/mol. The summed E-state index contributed by atoms with van der Waals surface area (Å²) in [6.45, 7) is 13.1. The van der Waals surface area contributed by atoms with E-state index in [0.29, 0.717) is 6.54 Å². The number of rotatable bonds is 3. The molecule has 1 aromatic rings. The van der Waals surface area contributed by atoms with Gasteiger partial charge in [-0.15, -0.1) is 0 Å². The summed E-state index contributed by atoms with van der Waals surface area (Å²) in [5.74, 6) is 0.849. The number of nitrogens with zero attached hydrogens (tertiary/aromatic N) is 2. The molecule has 2 atom stereocenters. The van der Waals surface area contributed by atoms with Gasteiger partial charge < -0.3 is 19.5 Å². The van der Waals surface area contributed by atoms with E-state index in [1.54, 1.807) is 4.90 Å². The Balaban J connectivity index is 1.95. The quantitative estimate of drug-likeness (QED) is 0.924. The van der Waals surface area contributed by atoms with E-state index in [1.807, 2.05) is 34.6 Å². The fourth-order valence-electron chi connectivity index (χ4n) is 3.15. The number of ether oxygens (including phenoxy) is 1. The van der Waals surface area contributed by atoms with E-state index < -0.39 is 5.60 Å². The molecule has 0 bridgehead atoms. The lowest BCUT2D eigenvalue weighted by Crippen LogP contribution is -2.49. The number of hydrogen-bond acceptors (Lipinski definition) is 5. The molecule has 1 amide bonds. The summed E-state index contributed by atoms with van der Waals surface area (Å²) in [5.41, 5.74) is 1.57. The van der Waals surface area contributed by atoms with Gasteiger partial charge in [-0.05, 0) is 54.4 Å². The Morgan fingerprint density at radius 1 is 1.43 bits per heavy atom. The summed E-state index contributed by atoms with van der Waals surface area (Å²) in [6.07, 6.45) is 1.80. The van der Waals surface area contributed by atoms with Crippen molar-refractivity contribution < 1.29 is 14.1 Å². The summed E-state index contributed by atoms with van der Waals surface area (Å²) in [5, 5.41) is 7.62. The minimum Gasteiger partial charge on any atom is -0.444 e. The van der Waals surface area contributed by atoms with Crippen molar-refractivity contribution in [2.24, 2.45) is 0 Å². The van der Waals surface area contributed by atoms with Crippen LogP contribution in [0.5, 0.6) is 0 Å². The zero-order chi connectivity index (χ0) is 17.2. The molecule has 1 saturated heterocycles. The van der Waals surface area contributed by atoms with Crippen LogP contribution in [-0.4, -0.2) is 40.9 Å². The number of carbonyl (C=O) groups excluding carboxylic acids is 1. The maximum absolute atomic E-state index is 12.2. The van der Waals surface area contributed by atoms with Gasteiger partial charge in [0.15, 0.2) is 0 Å². The summed E-state index contributed by atoms with van der Waals surface area (Å²) >= 11 is 0. The van der Waals surface area contributed by atoms with Gasteiger partial charge in [0.25, 0.3) is 0 Å². The van der Waals surface area contributed by atoms with Gasteiger partial charge in [0.1, 0.15) is 11.4 Å². The van der Waals surface area contributed by atoms with Crippen LogP contribution in [0.3, 0.4) is 0 Å². The van der Waals surface area contributed by atoms with E-state index in [2.05, 4.69) is 17.4 Å². The van der Waals surface area contributed by atoms with Crippen molar-refractivity contribution in [1.82, 2.24) is 15.4 Å². The summed E-state index contributed by atoms with van der Waals surface area (Å²) in [7, 11) is 0. The van der Waals surface area contributed by atoms with Gasteiger partial charge in [0.2, 0.25) is 0 Å². The van der Waals surface area contributed by atoms with Crippen LogP contribution in [0.1, 0.15) is 63.6 Å². The molecule has 2 heterocycles. The first-order valence-corrected chi connectivity index (χ1v) is 8.34. The highest BCUT2D eigenvalue weighted by molar-refractivity contribution is 5.68. The van der Waals surface area contributed by atoms with Gasteiger partial charge in [-0.25, -0.2) is 4.79 Å². The Bertz CT molecular complexity index is 528. The summed E-state index contributed by atoms with van der Waals surface area (Å²) in [4.78, 5) is 14.0. The molecule has 6 heteroatoms. The molecular formula is C17H29N3O3. The van der Waals surface area contributed by atoms with Crippen molar-refractivity contribution in [1.29, 1.82) is 0 Å². The molecule has 2 unspecified atom stereocenters. The Hall–Kier alpha value is -1.56. The maximum Gasteiger partial charge on any atom is 0.410 e. The fourth-order valence-corrected chi connectivity index (χ4v) is 3.15. The van der Waals surface area contributed by atoms with Crippen molar-refractivity contribution in [2.75, 3.05) is 13.1 Å². The molecule has 130 valence electrons. The molecule has 0 radical (unpaired) electrons. The van der Waals surface area contributed by atoms with Crippen molar-refractivity contribution in [3.63, 3.8) is 0 Å². The van der Waals surface area contributed by atoms with Crippen LogP contribution in [0.4, 0.5) is 4.79 Å². The number of amides is 1. The fraction of sp³-hybridized carbons (Fsp3) is 0.765. The Labute approximate surface area is 138 Å². The number of carbonyl (C=O) groups is 1. The van der Waals surface area contributed by atoms with Crippen LogP contribution in [0, 0.1) is 13.8 Å². The first kappa shape index (κ1) is 17.8. The molecule has 0 spiro atoms. The van der Waals surface area contributed by atoms with Gasteiger partial charge in [-0.2, -0.15) is 0 Å². The highest BCUT2D eigenvalue weighted by Gasteiger charge is 2.29. The molecule has 1 N–H and O–H groups in total.